The van der Waals surface area contributed by atoms with Crippen molar-refractivity contribution < 1.29 is 5.11 Å². The molecule has 2 rings (SSSR count). The van der Waals surface area contributed by atoms with Gasteiger partial charge in [0.25, 0.3) is 0 Å². The van der Waals surface area contributed by atoms with Gasteiger partial charge >= 0.3 is 0 Å². The maximum absolute atomic E-state index is 9.84. The molecular formula is C9H13NOS. The minimum atomic E-state index is -0.325. The van der Waals surface area contributed by atoms with Crippen molar-refractivity contribution in [1.29, 1.82) is 0 Å². The molecule has 0 amide bonds. The molecule has 0 saturated heterocycles. The molecule has 0 aliphatic carbocycles. The molecule has 0 saturated carbocycles. The smallest absolute Gasteiger partial charge is 0.0950 e. The van der Waals surface area contributed by atoms with Gasteiger partial charge in [-0.15, -0.1) is 11.3 Å². The van der Waals surface area contributed by atoms with E-state index < -0.39 is 0 Å². The molecular weight excluding hydrogens is 170 g/mol. The van der Waals surface area contributed by atoms with Gasteiger partial charge in [0.2, 0.25) is 0 Å². The van der Waals surface area contributed by atoms with Crippen molar-refractivity contribution in [3.05, 3.63) is 21.9 Å². The first-order valence-corrected chi connectivity index (χ1v) is 5.14. The summed E-state index contributed by atoms with van der Waals surface area (Å²) in [4.78, 5) is 1.33. The summed E-state index contributed by atoms with van der Waals surface area (Å²) < 4.78 is 0. The van der Waals surface area contributed by atoms with E-state index >= 15 is 0 Å². The molecule has 3 heteroatoms. The molecule has 2 heterocycles. The lowest BCUT2D eigenvalue weighted by Crippen LogP contribution is -2.30. The molecule has 2 unspecified atom stereocenters. The molecule has 12 heavy (non-hydrogen) atoms. The highest BCUT2D eigenvalue weighted by molar-refractivity contribution is 7.10. The summed E-state index contributed by atoms with van der Waals surface area (Å²) in [6, 6.07) is 2.22. The number of hydrogen-bond acceptors (Lipinski definition) is 3. The largest absolute Gasteiger partial charge is 0.387 e. The van der Waals surface area contributed by atoms with Gasteiger partial charge in [-0.1, -0.05) is 0 Å². The first-order valence-electron chi connectivity index (χ1n) is 4.27. The lowest BCUT2D eigenvalue weighted by atomic mass is 10.1. The maximum Gasteiger partial charge on any atom is 0.0950 e. The van der Waals surface area contributed by atoms with Crippen molar-refractivity contribution in [3.8, 4) is 0 Å². The highest BCUT2D eigenvalue weighted by Gasteiger charge is 2.22. The van der Waals surface area contributed by atoms with Gasteiger partial charge in [0.05, 0.1) is 6.10 Å². The predicted molar refractivity (Wildman–Crippen MR) is 50.4 cm³/mol. The van der Waals surface area contributed by atoms with Crippen LogP contribution in [0, 0.1) is 0 Å². The number of aliphatic hydroxyl groups excluding tert-OH is 1. The zero-order valence-corrected chi connectivity index (χ0v) is 7.90. The number of hydrogen-bond donors (Lipinski definition) is 2. The maximum atomic E-state index is 9.84. The summed E-state index contributed by atoms with van der Waals surface area (Å²) in [5.41, 5.74) is 1.12. The third-order valence-corrected chi connectivity index (χ3v) is 3.39. The molecule has 0 spiro atoms. The number of thiophene rings is 1. The van der Waals surface area contributed by atoms with Crippen LogP contribution in [0.5, 0.6) is 0 Å². The fraction of sp³-hybridized carbons (Fsp3) is 0.556. The zero-order chi connectivity index (χ0) is 8.55. The summed E-state index contributed by atoms with van der Waals surface area (Å²) in [6.07, 6.45) is 0.725. The van der Waals surface area contributed by atoms with E-state index in [0.29, 0.717) is 0 Å². The van der Waals surface area contributed by atoms with Gasteiger partial charge in [-0.05, 0) is 30.4 Å². The van der Waals surface area contributed by atoms with E-state index in [1.54, 1.807) is 11.3 Å². The Labute approximate surface area is 76.2 Å². The minimum Gasteiger partial charge on any atom is -0.387 e. The molecule has 0 radical (unpaired) electrons. The summed E-state index contributed by atoms with van der Waals surface area (Å²) in [5, 5.41) is 15.2. The second-order valence-corrected chi connectivity index (χ2v) is 4.24. The van der Waals surface area contributed by atoms with Crippen LogP contribution in [0.3, 0.4) is 0 Å². The Hall–Kier alpha value is -0.380. The van der Waals surface area contributed by atoms with E-state index in [9.17, 15) is 5.11 Å². The van der Waals surface area contributed by atoms with E-state index in [1.165, 1.54) is 4.88 Å². The Bertz CT molecular complexity index is 271. The van der Waals surface area contributed by atoms with Crippen molar-refractivity contribution in [1.82, 2.24) is 5.32 Å². The molecule has 66 valence electrons. The van der Waals surface area contributed by atoms with Gasteiger partial charge in [0, 0.05) is 17.5 Å². The van der Waals surface area contributed by atoms with E-state index in [0.717, 1.165) is 18.5 Å². The summed E-state index contributed by atoms with van der Waals surface area (Å²) in [5.74, 6) is 0. The number of nitrogens with one attached hydrogen (secondary N) is 1. The van der Waals surface area contributed by atoms with Crippen LogP contribution in [0.1, 0.15) is 23.5 Å². The van der Waals surface area contributed by atoms with Crippen LogP contribution >= 0.6 is 11.3 Å². The lowest BCUT2D eigenvalue weighted by Gasteiger charge is -2.16. The third kappa shape index (κ3) is 1.28. The molecule has 1 aliphatic rings. The van der Waals surface area contributed by atoms with Crippen molar-refractivity contribution in [2.75, 3.05) is 6.54 Å². The standard InChI is InChI=1S/C9H13NOS/c1-6-9(11)7-3-5-12-8(7)2-4-10-6/h3,5-6,9-11H,2,4H2,1H3. The van der Waals surface area contributed by atoms with Gasteiger partial charge in [0.1, 0.15) is 0 Å². The summed E-state index contributed by atoms with van der Waals surface area (Å²) in [6.45, 7) is 3.00. The molecule has 1 aromatic heterocycles. The molecule has 2 nitrogen and oxygen atoms in total. The average Bonchev–Trinajstić information content (AvgIpc) is 2.46. The highest BCUT2D eigenvalue weighted by atomic mass is 32.1. The SMILES string of the molecule is CC1NCCc2sccc2C1O. The van der Waals surface area contributed by atoms with Crippen LogP contribution < -0.4 is 5.32 Å². The molecule has 1 aromatic rings. The molecule has 2 N–H and O–H groups in total. The molecule has 0 aromatic carbocycles. The van der Waals surface area contributed by atoms with Crippen LogP contribution in [-0.2, 0) is 6.42 Å². The minimum absolute atomic E-state index is 0.181. The summed E-state index contributed by atoms with van der Waals surface area (Å²) in [7, 11) is 0. The molecule has 1 aliphatic heterocycles. The topological polar surface area (TPSA) is 32.3 Å². The first kappa shape index (κ1) is 8.23. The summed E-state index contributed by atoms with van der Waals surface area (Å²) >= 11 is 1.74. The zero-order valence-electron chi connectivity index (χ0n) is 7.08. The first-order chi connectivity index (χ1) is 5.79. The second kappa shape index (κ2) is 3.17. The highest BCUT2D eigenvalue weighted by Crippen LogP contribution is 2.27. The van der Waals surface area contributed by atoms with Crippen molar-refractivity contribution in [2.45, 2.75) is 25.5 Å². The molecule has 0 fully saturated rings. The van der Waals surface area contributed by atoms with Gasteiger partial charge in [0.15, 0.2) is 0 Å². The Kier molecular flexibility index (Phi) is 2.17. The van der Waals surface area contributed by atoms with Crippen molar-refractivity contribution in [3.63, 3.8) is 0 Å². The lowest BCUT2D eigenvalue weighted by molar-refractivity contribution is 0.140. The Balaban J connectivity index is 2.35. The van der Waals surface area contributed by atoms with Gasteiger partial charge in [-0.3, -0.25) is 0 Å². The monoisotopic (exact) mass is 183 g/mol. The Morgan fingerprint density at radius 1 is 1.67 bits per heavy atom. The van der Waals surface area contributed by atoms with E-state index in [-0.39, 0.29) is 12.1 Å². The van der Waals surface area contributed by atoms with E-state index in [1.807, 2.05) is 13.0 Å². The number of rotatable bonds is 0. The number of aliphatic hydroxyl groups is 1. The molecule has 2 atom stereocenters. The normalized spacial score (nSPS) is 29.5. The second-order valence-electron chi connectivity index (χ2n) is 3.24. The van der Waals surface area contributed by atoms with Gasteiger partial charge < -0.3 is 10.4 Å². The van der Waals surface area contributed by atoms with Crippen LogP contribution in [0.4, 0.5) is 0 Å². The van der Waals surface area contributed by atoms with Crippen molar-refractivity contribution in [2.24, 2.45) is 0 Å². The average molecular weight is 183 g/mol. The van der Waals surface area contributed by atoms with E-state index in [2.05, 4.69) is 10.7 Å². The number of fused-ring (bicyclic) bond motifs is 1. The van der Waals surface area contributed by atoms with E-state index in [4.69, 9.17) is 0 Å². The fourth-order valence-corrected chi connectivity index (χ4v) is 2.54. The fourth-order valence-electron chi connectivity index (χ4n) is 1.61. The molecule has 0 bridgehead atoms. The van der Waals surface area contributed by atoms with Crippen molar-refractivity contribution >= 4 is 11.3 Å². The van der Waals surface area contributed by atoms with Crippen LogP contribution in [0.2, 0.25) is 0 Å². The van der Waals surface area contributed by atoms with Crippen LogP contribution in [0.15, 0.2) is 11.4 Å². The van der Waals surface area contributed by atoms with Gasteiger partial charge in [-0.25, -0.2) is 0 Å². The van der Waals surface area contributed by atoms with Gasteiger partial charge in [-0.2, -0.15) is 0 Å². The quantitative estimate of drug-likeness (QED) is 0.635. The predicted octanol–water partition coefficient (Wildman–Crippen LogP) is 1.32. The third-order valence-electron chi connectivity index (χ3n) is 2.39. The Morgan fingerprint density at radius 2 is 2.50 bits per heavy atom. The Morgan fingerprint density at radius 3 is 3.33 bits per heavy atom. The van der Waals surface area contributed by atoms with Crippen LogP contribution in [-0.4, -0.2) is 17.7 Å². The van der Waals surface area contributed by atoms with Crippen LogP contribution in [0.25, 0.3) is 0 Å².